The number of hydrogen-bond donors (Lipinski definition) is 0. The molecule has 1 aromatic heterocycles. The first kappa shape index (κ1) is 16.9. The summed E-state index contributed by atoms with van der Waals surface area (Å²) < 4.78 is 36.9. The van der Waals surface area contributed by atoms with E-state index < -0.39 is 16.1 Å². The van der Waals surface area contributed by atoms with Crippen LogP contribution >= 0.6 is 0 Å². The van der Waals surface area contributed by atoms with Crippen LogP contribution in [-0.2, 0) is 10.0 Å². The van der Waals surface area contributed by atoms with Crippen molar-refractivity contribution in [1.29, 1.82) is 0 Å². The summed E-state index contributed by atoms with van der Waals surface area (Å²) in [5.41, 5.74) is 3.62. The van der Waals surface area contributed by atoms with Crippen LogP contribution in [0.2, 0.25) is 0 Å². The van der Waals surface area contributed by atoms with Gasteiger partial charge in [-0.3, -0.25) is 9.97 Å². The van der Waals surface area contributed by atoms with Gasteiger partial charge in [0, 0.05) is 29.9 Å². The number of nitrogens with zero attached hydrogens (tertiary/aromatic N) is 4. The van der Waals surface area contributed by atoms with Crippen molar-refractivity contribution < 1.29 is 17.9 Å². The standard InChI is InChI=1S/C19H16N4O4S/c1-28(24,25)23-16(13-3-2-4-14-19(13)21-8-7-20-14)10-15(22-23)12-5-6-17-18(9-12)27-11-26-17/h2-9,16H,10-11H2,1H3/t16-/m0/s1. The van der Waals surface area contributed by atoms with E-state index in [1.54, 1.807) is 12.4 Å². The minimum absolute atomic E-state index is 0.179. The second-order valence-corrected chi connectivity index (χ2v) is 8.48. The maximum Gasteiger partial charge on any atom is 0.247 e. The molecule has 0 N–H and O–H groups in total. The van der Waals surface area contributed by atoms with Crippen LogP contribution in [0.5, 0.6) is 11.5 Å². The number of rotatable bonds is 3. The molecule has 5 rings (SSSR count). The number of ether oxygens (including phenoxy) is 2. The normalized spacial score (nSPS) is 18.5. The molecule has 142 valence electrons. The van der Waals surface area contributed by atoms with Gasteiger partial charge in [0.15, 0.2) is 11.5 Å². The van der Waals surface area contributed by atoms with Gasteiger partial charge in [0.1, 0.15) is 0 Å². The smallest absolute Gasteiger partial charge is 0.247 e. The minimum Gasteiger partial charge on any atom is -0.454 e. The molecule has 3 aromatic rings. The van der Waals surface area contributed by atoms with Gasteiger partial charge in [-0.2, -0.15) is 9.52 Å². The molecular weight excluding hydrogens is 380 g/mol. The van der Waals surface area contributed by atoms with E-state index in [9.17, 15) is 8.42 Å². The zero-order chi connectivity index (χ0) is 19.3. The second kappa shape index (κ2) is 6.16. The van der Waals surface area contributed by atoms with Crippen molar-refractivity contribution in [2.45, 2.75) is 12.5 Å². The quantitative estimate of drug-likeness (QED) is 0.675. The van der Waals surface area contributed by atoms with E-state index in [1.807, 2.05) is 36.4 Å². The molecule has 2 aliphatic heterocycles. The van der Waals surface area contributed by atoms with E-state index in [4.69, 9.17) is 9.47 Å². The highest BCUT2D eigenvalue weighted by Gasteiger charge is 2.36. The fourth-order valence-electron chi connectivity index (χ4n) is 3.56. The Bertz CT molecular complexity index is 1220. The summed E-state index contributed by atoms with van der Waals surface area (Å²) in [4.78, 5) is 8.73. The Kier molecular flexibility index (Phi) is 3.73. The lowest BCUT2D eigenvalue weighted by atomic mass is 9.98. The third-order valence-corrected chi connectivity index (χ3v) is 5.82. The van der Waals surface area contributed by atoms with E-state index in [0.29, 0.717) is 34.7 Å². The zero-order valence-corrected chi connectivity index (χ0v) is 15.8. The Labute approximate surface area is 161 Å². The first-order valence-electron chi connectivity index (χ1n) is 8.67. The van der Waals surface area contributed by atoms with Crippen LogP contribution in [0.15, 0.2) is 53.9 Å². The van der Waals surface area contributed by atoms with Crippen LogP contribution in [0, 0.1) is 0 Å². The third kappa shape index (κ3) is 2.75. The molecule has 0 aliphatic carbocycles. The predicted molar refractivity (Wildman–Crippen MR) is 103 cm³/mol. The van der Waals surface area contributed by atoms with Crippen LogP contribution in [0.3, 0.4) is 0 Å². The molecule has 0 bridgehead atoms. The van der Waals surface area contributed by atoms with E-state index >= 15 is 0 Å². The summed E-state index contributed by atoms with van der Waals surface area (Å²) >= 11 is 0. The Balaban J connectivity index is 1.60. The van der Waals surface area contributed by atoms with E-state index in [-0.39, 0.29) is 6.79 Å². The summed E-state index contributed by atoms with van der Waals surface area (Å²) in [5, 5.41) is 4.44. The molecule has 2 aliphatic rings. The fourth-order valence-corrected chi connectivity index (χ4v) is 4.46. The Morgan fingerprint density at radius 1 is 1.07 bits per heavy atom. The maximum atomic E-state index is 12.5. The molecule has 28 heavy (non-hydrogen) atoms. The molecular formula is C19H16N4O4S. The molecule has 2 aromatic carbocycles. The van der Waals surface area contributed by atoms with Crippen molar-refractivity contribution in [3.63, 3.8) is 0 Å². The topological polar surface area (TPSA) is 94.0 Å². The monoisotopic (exact) mass is 396 g/mol. The summed E-state index contributed by atoms with van der Waals surface area (Å²) in [6.45, 7) is 0.179. The lowest BCUT2D eigenvalue weighted by Gasteiger charge is -2.22. The summed E-state index contributed by atoms with van der Waals surface area (Å²) in [6, 6.07) is 10.6. The van der Waals surface area contributed by atoms with Crippen molar-refractivity contribution in [1.82, 2.24) is 14.4 Å². The number of sulfonamides is 1. The molecule has 0 fully saturated rings. The van der Waals surface area contributed by atoms with Crippen molar-refractivity contribution in [3.05, 3.63) is 59.9 Å². The maximum absolute atomic E-state index is 12.5. The van der Waals surface area contributed by atoms with E-state index in [1.165, 1.54) is 0 Å². The molecule has 0 saturated heterocycles. The van der Waals surface area contributed by atoms with E-state index in [0.717, 1.165) is 21.8 Å². The van der Waals surface area contributed by atoms with Crippen molar-refractivity contribution in [3.8, 4) is 11.5 Å². The summed E-state index contributed by atoms with van der Waals surface area (Å²) in [7, 11) is -3.58. The van der Waals surface area contributed by atoms with E-state index in [2.05, 4.69) is 15.1 Å². The minimum atomic E-state index is -3.58. The van der Waals surface area contributed by atoms with Crippen LogP contribution in [0.4, 0.5) is 0 Å². The van der Waals surface area contributed by atoms with Gasteiger partial charge in [0.2, 0.25) is 16.8 Å². The van der Waals surface area contributed by atoms with Gasteiger partial charge in [-0.05, 0) is 24.3 Å². The molecule has 0 radical (unpaired) electrons. The van der Waals surface area contributed by atoms with Gasteiger partial charge in [-0.25, -0.2) is 8.42 Å². The molecule has 3 heterocycles. The number of fused-ring (bicyclic) bond motifs is 2. The summed E-state index contributed by atoms with van der Waals surface area (Å²) in [5.74, 6) is 1.30. The zero-order valence-electron chi connectivity index (χ0n) is 14.9. The Morgan fingerprint density at radius 2 is 1.89 bits per heavy atom. The van der Waals surface area contributed by atoms with Crippen LogP contribution in [0.1, 0.15) is 23.6 Å². The van der Waals surface area contributed by atoms with Crippen LogP contribution < -0.4 is 9.47 Å². The Morgan fingerprint density at radius 3 is 2.75 bits per heavy atom. The highest BCUT2D eigenvalue weighted by Crippen LogP contribution is 2.39. The molecule has 9 heteroatoms. The molecule has 1 atom stereocenters. The molecule has 0 amide bonds. The van der Waals surface area contributed by atoms with Gasteiger partial charge in [-0.15, -0.1) is 0 Å². The fraction of sp³-hybridized carbons (Fsp3) is 0.211. The second-order valence-electron chi connectivity index (χ2n) is 6.64. The number of aromatic nitrogens is 2. The van der Waals surface area contributed by atoms with Crippen LogP contribution in [0.25, 0.3) is 11.0 Å². The van der Waals surface area contributed by atoms with Crippen molar-refractivity contribution in [2.75, 3.05) is 13.0 Å². The molecule has 8 nitrogen and oxygen atoms in total. The first-order valence-corrected chi connectivity index (χ1v) is 10.5. The van der Waals surface area contributed by atoms with Gasteiger partial charge in [0.25, 0.3) is 0 Å². The first-order chi connectivity index (χ1) is 13.5. The van der Waals surface area contributed by atoms with Gasteiger partial charge < -0.3 is 9.47 Å². The third-order valence-electron chi connectivity index (χ3n) is 4.81. The SMILES string of the molecule is CS(=O)(=O)N1N=C(c2ccc3c(c2)OCO3)C[C@H]1c1cccc2nccnc12. The van der Waals surface area contributed by atoms with Gasteiger partial charge in [0.05, 0.1) is 29.0 Å². The number of hydrogen-bond acceptors (Lipinski definition) is 7. The molecule has 0 unspecified atom stereocenters. The number of benzene rings is 2. The lowest BCUT2D eigenvalue weighted by molar-refractivity contribution is 0.174. The average molecular weight is 396 g/mol. The number of para-hydroxylation sites is 1. The predicted octanol–water partition coefficient (Wildman–Crippen LogP) is 2.47. The van der Waals surface area contributed by atoms with Crippen molar-refractivity contribution >= 4 is 26.8 Å². The molecule has 0 saturated carbocycles. The highest BCUT2D eigenvalue weighted by molar-refractivity contribution is 7.88. The Hall–Kier alpha value is -3.20. The summed E-state index contributed by atoms with van der Waals surface area (Å²) in [6.07, 6.45) is 4.79. The van der Waals surface area contributed by atoms with Gasteiger partial charge >= 0.3 is 0 Å². The number of hydrazone groups is 1. The molecule has 0 spiro atoms. The largest absolute Gasteiger partial charge is 0.454 e. The lowest BCUT2D eigenvalue weighted by Crippen LogP contribution is -2.26. The van der Waals surface area contributed by atoms with Gasteiger partial charge in [-0.1, -0.05) is 12.1 Å². The van der Waals surface area contributed by atoms with Crippen LogP contribution in [-0.4, -0.2) is 41.6 Å². The van der Waals surface area contributed by atoms with Crippen molar-refractivity contribution in [2.24, 2.45) is 5.10 Å². The highest BCUT2D eigenvalue weighted by atomic mass is 32.2. The average Bonchev–Trinajstić information content (AvgIpc) is 3.33.